The van der Waals surface area contributed by atoms with E-state index in [4.69, 9.17) is 0 Å². The molecule has 0 atom stereocenters. The third-order valence-electron chi connectivity index (χ3n) is 5.17. The molecule has 8 heteroatoms. The maximum atomic E-state index is 12.6. The molecule has 1 fully saturated rings. The van der Waals surface area contributed by atoms with Gasteiger partial charge < -0.3 is 9.88 Å². The third-order valence-corrected chi connectivity index (χ3v) is 5.17. The number of carbonyl (C=O) groups is 1. The van der Waals surface area contributed by atoms with Gasteiger partial charge in [0.15, 0.2) is 11.4 Å². The van der Waals surface area contributed by atoms with Gasteiger partial charge in [0.1, 0.15) is 11.6 Å². The van der Waals surface area contributed by atoms with Crippen LogP contribution >= 0.6 is 0 Å². The molecule has 3 aromatic rings. The Labute approximate surface area is 158 Å². The number of aryl methyl sites for hydroxylation is 4. The Bertz CT molecular complexity index is 995. The van der Waals surface area contributed by atoms with E-state index in [2.05, 4.69) is 29.9 Å². The molecular formula is C19H25N7O. The number of aromatic nitrogens is 5. The molecule has 0 bridgehead atoms. The normalized spacial score (nSPS) is 15.6. The fourth-order valence-corrected chi connectivity index (χ4v) is 3.77. The maximum absolute atomic E-state index is 12.6. The van der Waals surface area contributed by atoms with Gasteiger partial charge in [-0.3, -0.25) is 14.4 Å². The summed E-state index contributed by atoms with van der Waals surface area (Å²) < 4.78 is 1.78. The lowest BCUT2D eigenvalue weighted by Gasteiger charge is -2.35. The minimum atomic E-state index is 0.179. The van der Waals surface area contributed by atoms with Crippen LogP contribution in [-0.4, -0.2) is 68.1 Å². The van der Waals surface area contributed by atoms with E-state index in [9.17, 15) is 4.79 Å². The number of aromatic amines is 1. The molecule has 0 aliphatic carbocycles. The molecule has 27 heavy (non-hydrogen) atoms. The van der Waals surface area contributed by atoms with Crippen LogP contribution in [0.3, 0.4) is 0 Å². The van der Waals surface area contributed by atoms with Gasteiger partial charge in [-0.15, -0.1) is 0 Å². The molecule has 4 rings (SSSR count). The van der Waals surface area contributed by atoms with Gasteiger partial charge in [0.2, 0.25) is 0 Å². The lowest BCUT2D eigenvalue weighted by molar-refractivity contribution is 0.0926. The van der Waals surface area contributed by atoms with Gasteiger partial charge in [0, 0.05) is 50.2 Å². The summed E-state index contributed by atoms with van der Waals surface area (Å²) in [4.78, 5) is 29.5. The topological polar surface area (TPSA) is 82.9 Å². The molecule has 1 aliphatic rings. The van der Waals surface area contributed by atoms with Gasteiger partial charge in [-0.2, -0.15) is 5.10 Å². The zero-order valence-corrected chi connectivity index (χ0v) is 16.3. The van der Waals surface area contributed by atoms with E-state index in [1.165, 1.54) is 0 Å². The molecule has 8 nitrogen and oxygen atoms in total. The van der Waals surface area contributed by atoms with Crippen LogP contribution in [0.15, 0.2) is 12.3 Å². The predicted octanol–water partition coefficient (Wildman–Crippen LogP) is 1.62. The second-order valence-corrected chi connectivity index (χ2v) is 7.28. The number of hydrogen-bond acceptors (Lipinski definition) is 6. The van der Waals surface area contributed by atoms with Crippen molar-refractivity contribution in [1.82, 2.24) is 29.6 Å². The van der Waals surface area contributed by atoms with Gasteiger partial charge in [0.25, 0.3) is 0 Å². The van der Waals surface area contributed by atoms with E-state index in [-0.39, 0.29) is 5.78 Å². The highest BCUT2D eigenvalue weighted by atomic mass is 16.1. The average Bonchev–Trinajstić information content (AvgIpc) is 3.17. The zero-order valence-electron chi connectivity index (χ0n) is 16.3. The van der Waals surface area contributed by atoms with Crippen LogP contribution in [-0.2, 0) is 7.05 Å². The van der Waals surface area contributed by atoms with Gasteiger partial charge >= 0.3 is 0 Å². The predicted molar refractivity (Wildman–Crippen MR) is 104 cm³/mol. The molecule has 3 aromatic heterocycles. The van der Waals surface area contributed by atoms with E-state index in [0.717, 1.165) is 65.8 Å². The number of H-pyrrole nitrogens is 1. The standard InChI is InChI=1S/C19H25N7O/c1-12-9-15(13(2)21-12)17(27)11-25-5-7-26(8-6-25)19-16-10-20-24(4)18(16)22-14(3)23-19/h9-10,21H,5-8,11H2,1-4H3. The number of anilines is 1. The average molecular weight is 367 g/mol. The van der Waals surface area contributed by atoms with E-state index in [1.54, 1.807) is 4.68 Å². The van der Waals surface area contributed by atoms with E-state index >= 15 is 0 Å². The molecule has 1 saturated heterocycles. The van der Waals surface area contributed by atoms with Crippen LogP contribution in [0.1, 0.15) is 27.6 Å². The Morgan fingerprint density at radius 2 is 1.89 bits per heavy atom. The van der Waals surface area contributed by atoms with Crippen LogP contribution in [0.2, 0.25) is 0 Å². The monoisotopic (exact) mass is 367 g/mol. The second kappa shape index (κ2) is 6.77. The Morgan fingerprint density at radius 1 is 1.15 bits per heavy atom. The number of piperazine rings is 1. The number of fused-ring (bicyclic) bond motifs is 1. The molecule has 1 N–H and O–H groups in total. The summed E-state index contributed by atoms with van der Waals surface area (Å²) in [5.74, 6) is 1.86. The fraction of sp³-hybridized carbons (Fsp3) is 0.474. The molecule has 0 spiro atoms. The fourth-order valence-electron chi connectivity index (χ4n) is 3.77. The summed E-state index contributed by atoms with van der Waals surface area (Å²) in [6.07, 6.45) is 1.83. The highest BCUT2D eigenvalue weighted by Crippen LogP contribution is 2.24. The molecule has 0 saturated carbocycles. The van der Waals surface area contributed by atoms with E-state index < -0.39 is 0 Å². The van der Waals surface area contributed by atoms with Crippen molar-refractivity contribution in [2.24, 2.45) is 7.05 Å². The van der Waals surface area contributed by atoms with Crippen molar-refractivity contribution in [2.75, 3.05) is 37.6 Å². The van der Waals surface area contributed by atoms with Crippen molar-refractivity contribution >= 4 is 22.6 Å². The molecule has 0 aromatic carbocycles. The highest BCUT2D eigenvalue weighted by molar-refractivity contribution is 5.99. The van der Waals surface area contributed by atoms with Crippen molar-refractivity contribution in [3.63, 3.8) is 0 Å². The minimum absolute atomic E-state index is 0.179. The molecule has 1 aliphatic heterocycles. The number of nitrogens with zero attached hydrogens (tertiary/aromatic N) is 6. The van der Waals surface area contributed by atoms with Crippen LogP contribution < -0.4 is 4.90 Å². The van der Waals surface area contributed by atoms with Crippen LogP contribution in [0.25, 0.3) is 11.0 Å². The third kappa shape index (κ3) is 3.32. The Hall–Kier alpha value is -2.74. The lowest BCUT2D eigenvalue weighted by atomic mass is 10.1. The molecule has 142 valence electrons. The van der Waals surface area contributed by atoms with E-state index in [0.29, 0.717) is 6.54 Å². The van der Waals surface area contributed by atoms with Gasteiger partial charge in [-0.25, -0.2) is 9.97 Å². The summed E-state index contributed by atoms with van der Waals surface area (Å²) >= 11 is 0. The zero-order chi connectivity index (χ0) is 19.1. The smallest absolute Gasteiger partial charge is 0.178 e. The van der Waals surface area contributed by atoms with Crippen LogP contribution in [0, 0.1) is 20.8 Å². The first-order valence-corrected chi connectivity index (χ1v) is 9.25. The molecule has 0 amide bonds. The largest absolute Gasteiger partial charge is 0.362 e. The quantitative estimate of drug-likeness (QED) is 0.706. The molecule has 4 heterocycles. The minimum Gasteiger partial charge on any atom is -0.362 e. The van der Waals surface area contributed by atoms with Crippen LogP contribution in [0.5, 0.6) is 0 Å². The first-order chi connectivity index (χ1) is 12.9. The second-order valence-electron chi connectivity index (χ2n) is 7.28. The van der Waals surface area contributed by atoms with Crippen molar-refractivity contribution in [3.8, 4) is 0 Å². The van der Waals surface area contributed by atoms with Crippen molar-refractivity contribution in [2.45, 2.75) is 20.8 Å². The summed E-state index contributed by atoms with van der Waals surface area (Å²) in [5.41, 5.74) is 3.64. The summed E-state index contributed by atoms with van der Waals surface area (Å²) in [6, 6.07) is 1.94. The highest BCUT2D eigenvalue weighted by Gasteiger charge is 2.24. The summed E-state index contributed by atoms with van der Waals surface area (Å²) in [5, 5.41) is 5.30. The number of ketones is 1. The van der Waals surface area contributed by atoms with Crippen molar-refractivity contribution < 1.29 is 4.79 Å². The van der Waals surface area contributed by atoms with Crippen molar-refractivity contribution in [3.05, 3.63) is 35.0 Å². The number of Topliss-reactive ketones (excluding diaryl/α,β-unsaturated/α-hetero) is 1. The number of rotatable bonds is 4. The Kier molecular flexibility index (Phi) is 4.43. The number of nitrogens with one attached hydrogen (secondary N) is 1. The lowest BCUT2D eigenvalue weighted by Crippen LogP contribution is -2.48. The first kappa shape index (κ1) is 17.7. The van der Waals surface area contributed by atoms with E-state index in [1.807, 2.05) is 40.1 Å². The molecular weight excluding hydrogens is 342 g/mol. The SMILES string of the molecule is Cc1nc(N2CCN(CC(=O)c3cc(C)[nH]c3C)CC2)c2cnn(C)c2n1. The first-order valence-electron chi connectivity index (χ1n) is 9.25. The van der Waals surface area contributed by atoms with Gasteiger partial charge in [-0.1, -0.05) is 0 Å². The molecule has 0 radical (unpaired) electrons. The Balaban J connectivity index is 1.45. The Morgan fingerprint density at radius 3 is 2.56 bits per heavy atom. The summed E-state index contributed by atoms with van der Waals surface area (Å²) in [7, 11) is 1.90. The summed E-state index contributed by atoms with van der Waals surface area (Å²) in [6.45, 7) is 9.62. The number of carbonyl (C=O) groups excluding carboxylic acids is 1. The van der Waals surface area contributed by atoms with Crippen molar-refractivity contribution in [1.29, 1.82) is 0 Å². The van der Waals surface area contributed by atoms with Gasteiger partial charge in [0.05, 0.1) is 18.1 Å². The van der Waals surface area contributed by atoms with Gasteiger partial charge in [-0.05, 0) is 26.8 Å². The molecule has 0 unspecified atom stereocenters. The van der Waals surface area contributed by atoms with Crippen LogP contribution in [0.4, 0.5) is 5.82 Å². The number of hydrogen-bond donors (Lipinski definition) is 1. The maximum Gasteiger partial charge on any atom is 0.178 e.